The summed E-state index contributed by atoms with van der Waals surface area (Å²) in [5, 5.41) is 18.4. The van der Waals surface area contributed by atoms with E-state index in [1.54, 1.807) is 12.1 Å². The van der Waals surface area contributed by atoms with Gasteiger partial charge in [-0.1, -0.05) is 19.9 Å². The van der Waals surface area contributed by atoms with Crippen LogP contribution >= 0.6 is 0 Å². The Balaban J connectivity index is 1.72. The van der Waals surface area contributed by atoms with Crippen molar-refractivity contribution in [2.75, 3.05) is 35.6 Å². The molecule has 4 N–H and O–H groups in total. The number of rotatable bonds is 12. The summed E-state index contributed by atoms with van der Waals surface area (Å²) in [5.74, 6) is -0.617. The molecular formula is C22H30FN7O3. The lowest BCUT2D eigenvalue weighted by Gasteiger charge is -2.18. The summed E-state index contributed by atoms with van der Waals surface area (Å²) in [4.78, 5) is 38.1. The highest BCUT2D eigenvalue weighted by molar-refractivity contribution is 5.78. The third kappa shape index (κ3) is 7.55. The van der Waals surface area contributed by atoms with Crippen LogP contribution in [0.15, 0.2) is 24.3 Å². The minimum Gasteiger partial charge on any atom is -0.480 e. The van der Waals surface area contributed by atoms with Gasteiger partial charge in [0.2, 0.25) is 23.8 Å². The van der Waals surface area contributed by atoms with Crippen LogP contribution in [0.2, 0.25) is 0 Å². The number of aliphatic carboxylic acids is 1. The van der Waals surface area contributed by atoms with Crippen LogP contribution in [0.4, 0.5) is 27.9 Å². The monoisotopic (exact) mass is 459 g/mol. The van der Waals surface area contributed by atoms with E-state index in [2.05, 4.69) is 30.9 Å². The minimum atomic E-state index is -1.01. The van der Waals surface area contributed by atoms with Crippen molar-refractivity contribution in [2.45, 2.75) is 45.6 Å². The van der Waals surface area contributed by atoms with Gasteiger partial charge in [-0.25, -0.2) is 9.18 Å². The van der Waals surface area contributed by atoms with Crippen LogP contribution in [0.25, 0.3) is 0 Å². The van der Waals surface area contributed by atoms with Crippen LogP contribution in [-0.2, 0) is 9.59 Å². The summed E-state index contributed by atoms with van der Waals surface area (Å²) >= 11 is 0. The van der Waals surface area contributed by atoms with E-state index in [1.165, 1.54) is 12.1 Å². The lowest BCUT2D eigenvalue weighted by molar-refractivity contribution is -0.138. The minimum absolute atomic E-state index is 0.0918. The van der Waals surface area contributed by atoms with E-state index in [-0.39, 0.29) is 29.7 Å². The maximum absolute atomic E-state index is 13.6. The number of anilines is 4. The number of hydrogen-bond donors (Lipinski definition) is 4. The Hall–Kier alpha value is -3.50. The summed E-state index contributed by atoms with van der Waals surface area (Å²) in [6.07, 6.45) is 2.59. The number of benzene rings is 1. The average molecular weight is 460 g/mol. The quantitative estimate of drug-likeness (QED) is 0.353. The SMILES string of the molecule is CC(C)C[C@H](Nc1nc(NCCCN2CCCC2=O)nc(Nc2cccc(F)c2)n1)C(=O)O. The van der Waals surface area contributed by atoms with Crippen LogP contribution in [0, 0.1) is 11.7 Å². The molecular weight excluding hydrogens is 429 g/mol. The second-order valence-electron chi connectivity index (χ2n) is 8.37. The lowest BCUT2D eigenvalue weighted by atomic mass is 10.0. The van der Waals surface area contributed by atoms with Gasteiger partial charge in [0.25, 0.3) is 0 Å². The van der Waals surface area contributed by atoms with Gasteiger partial charge in [0.1, 0.15) is 11.9 Å². The van der Waals surface area contributed by atoms with Gasteiger partial charge in [-0.2, -0.15) is 15.0 Å². The fraction of sp³-hybridized carbons (Fsp3) is 0.500. The largest absolute Gasteiger partial charge is 0.480 e. The van der Waals surface area contributed by atoms with Gasteiger partial charge in [0.05, 0.1) is 0 Å². The number of nitrogens with one attached hydrogen (secondary N) is 3. The zero-order chi connectivity index (χ0) is 23.8. The molecule has 1 saturated heterocycles. The van der Waals surface area contributed by atoms with Crippen molar-refractivity contribution < 1.29 is 19.1 Å². The molecule has 0 saturated carbocycles. The molecule has 11 heteroatoms. The van der Waals surface area contributed by atoms with Crippen LogP contribution in [0.5, 0.6) is 0 Å². The Morgan fingerprint density at radius 3 is 2.64 bits per heavy atom. The first kappa shape index (κ1) is 24.1. The number of hydrogen-bond acceptors (Lipinski definition) is 8. The topological polar surface area (TPSA) is 132 Å². The molecule has 33 heavy (non-hydrogen) atoms. The van der Waals surface area contributed by atoms with E-state index < -0.39 is 17.8 Å². The molecule has 1 atom stereocenters. The van der Waals surface area contributed by atoms with Gasteiger partial charge < -0.3 is 26.0 Å². The standard InChI is InChI=1S/C22H30FN7O3/c1-14(2)12-17(19(32)33)26-22-28-20(24-9-5-11-30-10-4-8-18(30)31)27-21(29-22)25-16-7-3-6-15(23)13-16/h3,6-7,13-14,17H,4-5,8-12H2,1-2H3,(H,32,33)(H3,24,25,26,27,28,29)/t17-/m0/s1. The molecule has 1 fully saturated rings. The fourth-order valence-corrected chi connectivity index (χ4v) is 3.53. The van der Waals surface area contributed by atoms with Crippen molar-refractivity contribution in [1.82, 2.24) is 19.9 Å². The highest BCUT2D eigenvalue weighted by atomic mass is 19.1. The third-order valence-electron chi connectivity index (χ3n) is 5.08. The number of likely N-dealkylation sites (tertiary alicyclic amines) is 1. The molecule has 0 radical (unpaired) electrons. The highest BCUT2D eigenvalue weighted by Crippen LogP contribution is 2.18. The molecule has 1 aromatic carbocycles. The van der Waals surface area contributed by atoms with E-state index in [0.717, 1.165) is 13.0 Å². The number of nitrogens with zero attached hydrogens (tertiary/aromatic N) is 4. The maximum Gasteiger partial charge on any atom is 0.326 e. The van der Waals surface area contributed by atoms with Gasteiger partial charge >= 0.3 is 5.97 Å². The van der Waals surface area contributed by atoms with E-state index in [0.29, 0.717) is 38.0 Å². The predicted molar refractivity (Wildman–Crippen MR) is 123 cm³/mol. The fourth-order valence-electron chi connectivity index (χ4n) is 3.53. The van der Waals surface area contributed by atoms with Crippen LogP contribution in [-0.4, -0.2) is 62.5 Å². The number of carbonyl (C=O) groups excluding carboxylic acids is 1. The summed E-state index contributed by atoms with van der Waals surface area (Å²) in [6, 6.07) is 4.98. The van der Waals surface area contributed by atoms with E-state index in [9.17, 15) is 19.1 Å². The second-order valence-corrected chi connectivity index (χ2v) is 8.37. The van der Waals surface area contributed by atoms with E-state index in [4.69, 9.17) is 0 Å². The number of aromatic nitrogens is 3. The maximum atomic E-state index is 13.6. The van der Waals surface area contributed by atoms with Crippen molar-refractivity contribution in [1.29, 1.82) is 0 Å². The van der Waals surface area contributed by atoms with Gasteiger partial charge in [-0.05, 0) is 43.4 Å². The summed E-state index contributed by atoms with van der Waals surface area (Å²) < 4.78 is 13.6. The Bertz CT molecular complexity index is 973. The van der Waals surface area contributed by atoms with Gasteiger partial charge in [-0.15, -0.1) is 0 Å². The Kier molecular flexibility index (Phi) is 8.34. The molecule has 0 unspecified atom stereocenters. The third-order valence-corrected chi connectivity index (χ3v) is 5.08. The van der Waals surface area contributed by atoms with Crippen molar-refractivity contribution in [3.05, 3.63) is 30.1 Å². The summed E-state index contributed by atoms with van der Waals surface area (Å²) in [5.41, 5.74) is 0.447. The first-order chi connectivity index (χ1) is 15.8. The van der Waals surface area contributed by atoms with E-state index in [1.807, 2.05) is 18.7 Å². The Morgan fingerprint density at radius 2 is 1.97 bits per heavy atom. The molecule has 1 aliphatic rings. The molecule has 0 spiro atoms. The molecule has 178 valence electrons. The lowest BCUT2D eigenvalue weighted by Crippen LogP contribution is -2.32. The zero-order valence-electron chi connectivity index (χ0n) is 18.8. The van der Waals surface area contributed by atoms with E-state index >= 15 is 0 Å². The zero-order valence-corrected chi connectivity index (χ0v) is 18.8. The predicted octanol–water partition coefficient (Wildman–Crippen LogP) is 3.09. The first-order valence-electron chi connectivity index (χ1n) is 11.1. The van der Waals surface area contributed by atoms with Crippen LogP contribution < -0.4 is 16.0 Å². The smallest absolute Gasteiger partial charge is 0.326 e. The summed E-state index contributed by atoms with van der Waals surface area (Å²) in [6.45, 7) is 5.81. The normalized spacial score (nSPS) is 14.4. The molecule has 0 bridgehead atoms. The molecule has 1 aromatic heterocycles. The molecule has 10 nitrogen and oxygen atoms in total. The van der Waals surface area contributed by atoms with Gasteiger partial charge in [0, 0.05) is 31.7 Å². The molecule has 1 amide bonds. The van der Waals surface area contributed by atoms with Gasteiger partial charge in [0.15, 0.2) is 0 Å². The van der Waals surface area contributed by atoms with Gasteiger partial charge in [-0.3, -0.25) is 4.79 Å². The first-order valence-corrected chi connectivity index (χ1v) is 11.1. The molecule has 3 rings (SSSR count). The number of carboxylic acids is 1. The molecule has 1 aliphatic heterocycles. The number of carbonyl (C=O) groups is 2. The Labute approximate surface area is 192 Å². The number of carboxylic acid groups (broad SMARTS) is 1. The number of amides is 1. The van der Waals surface area contributed by atoms with Crippen molar-refractivity contribution in [2.24, 2.45) is 5.92 Å². The van der Waals surface area contributed by atoms with Crippen LogP contribution in [0.3, 0.4) is 0 Å². The average Bonchev–Trinajstić information content (AvgIpc) is 3.15. The molecule has 0 aliphatic carbocycles. The highest BCUT2D eigenvalue weighted by Gasteiger charge is 2.21. The van der Waals surface area contributed by atoms with Crippen molar-refractivity contribution in [3.63, 3.8) is 0 Å². The Morgan fingerprint density at radius 1 is 1.21 bits per heavy atom. The summed E-state index contributed by atoms with van der Waals surface area (Å²) in [7, 11) is 0. The molecule has 2 heterocycles. The van der Waals surface area contributed by atoms with Crippen LogP contribution in [0.1, 0.15) is 39.5 Å². The second kappa shape index (κ2) is 11.4. The molecule has 2 aromatic rings. The van der Waals surface area contributed by atoms with Crippen molar-refractivity contribution >= 4 is 35.4 Å². The van der Waals surface area contributed by atoms with Crippen molar-refractivity contribution in [3.8, 4) is 0 Å². The number of halogens is 1.